The average Bonchev–Trinajstić information content (AvgIpc) is 2.32. The summed E-state index contributed by atoms with van der Waals surface area (Å²) in [7, 11) is 0. The van der Waals surface area contributed by atoms with Crippen molar-refractivity contribution in [3.63, 3.8) is 0 Å². The van der Waals surface area contributed by atoms with E-state index < -0.39 is 0 Å². The van der Waals surface area contributed by atoms with Gasteiger partial charge in [0.05, 0.1) is 11.1 Å². The highest BCUT2D eigenvalue weighted by molar-refractivity contribution is 6.34. The lowest BCUT2D eigenvalue weighted by Gasteiger charge is -2.27. The number of carbonyl (C=O) groups excluding carboxylic acids is 1. The first-order valence-corrected chi connectivity index (χ1v) is 6.91. The van der Waals surface area contributed by atoms with Crippen molar-refractivity contribution in [2.75, 3.05) is 0 Å². The van der Waals surface area contributed by atoms with Crippen LogP contribution in [0.5, 0.6) is 5.75 Å². The van der Waals surface area contributed by atoms with Crippen molar-refractivity contribution >= 4 is 17.4 Å². The lowest BCUT2D eigenvalue weighted by atomic mass is 9.89. The molecule has 3 heteroatoms. The molecule has 0 bridgehead atoms. The lowest BCUT2D eigenvalue weighted by molar-refractivity contribution is 0.101. The maximum atomic E-state index is 11.3. The topological polar surface area (TPSA) is 26.3 Å². The third-order valence-electron chi connectivity index (χ3n) is 3.59. The van der Waals surface area contributed by atoms with E-state index in [1.54, 1.807) is 12.1 Å². The van der Waals surface area contributed by atoms with E-state index >= 15 is 0 Å². The molecule has 0 aromatic heterocycles. The van der Waals surface area contributed by atoms with Crippen LogP contribution in [0.3, 0.4) is 0 Å². The van der Waals surface area contributed by atoms with Crippen molar-refractivity contribution in [3.05, 3.63) is 28.8 Å². The van der Waals surface area contributed by atoms with Gasteiger partial charge in [-0.1, -0.05) is 18.5 Å². The van der Waals surface area contributed by atoms with Crippen LogP contribution in [-0.4, -0.2) is 11.9 Å². The van der Waals surface area contributed by atoms with Crippen LogP contribution < -0.4 is 4.74 Å². The molecule has 0 atom stereocenters. The van der Waals surface area contributed by atoms with Crippen molar-refractivity contribution < 1.29 is 9.53 Å². The number of hydrogen-bond donors (Lipinski definition) is 0. The number of Topliss-reactive ketones (excluding diaryl/α,β-unsaturated/α-hetero) is 1. The fraction of sp³-hybridized carbons (Fsp3) is 0.533. The number of carbonyl (C=O) groups is 1. The van der Waals surface area contributed by atoms with Gasteiger partial charge in [-0.2, -0.15) is 0 Å². The van der Waals surface area contributed by atoms with Crippen molar-refractivity contribution in [1.29, 1.82) is 0 Å². The number of rotatable bonds is 3. The van der Waals surface area contributed by atoms with E-state index in [1.807, 2.05) is 6.07 Å². The van der Waals surface area contributed by atoms with E-state index in [0.29, 0.717) is 16.7 Å². The van der Waals surface area contributed by atoms with Crippen LogP contribution in [0.15, 0.2) is 18.2 Å². The lowest BCUT2D eigenvalue weighted by Crippen LogP contribution is -2.23. The number of ether oxygens (including phenoxy) is 1. The first-order valence-electron chi connectivity index (χ1n) is 6.53. The highest BCUT2D eigenvalue weighted by atomic mass is 35.5. The number of benzene rings is 1. The third kappa shape index (κ3) is 3.26. The Bertz CT molecular complexity index is 434. The second-order valence-corrected chi connectivity index (χ2v) is 5.60. The number of hydrogen-bond acceptors (Lipinski definition) is 2. The van der Waals surface area contributed by atoms with E-state index in [-0.39, 0.29) is 5.78 Å². The van der Waals surface area contributed by atoms with Gasteiger partial charge in [0, 0.05) is 5.56 Å². The monoisotopic (exact) mass is 266 g/mol. The minimum absolute atomic E-state index is 0.0157. The molecule has 1 aliphatic carbocycles. The highest BCUT2D eigenvalue weighted by Crippen LogP contribution is 2.29. The molecule has 0 unspecified atom stereocenters. The van der Waals surface area contributed by atoms with E-state index in [0.717, 1.165) is 24.5 Å². The first kappa shape index (κ1) is 13.4. The van der Waals surface area contributed by atoms with Gasteiger partial charge in [-0.15, -0.1) is 0 Å². The Morgan fingerprint density at radius 3 is 2.50 bits per heavy atom. The molecule has 0 aliphatic heterocycles. The van der Waals surface area contributed by atoms with Crippen molar-refractivity contribution in [1.82, 2.24) is 0 Å². The molecular formula is C15H19ClO2. The van der Waals surface area contributed by atoms with Crippen LogP contribution in [0.2, 0.25) is 5.02 Å². The molecule has 1 aromatic rings. The van der Waals surface area contributed by atoms with Crippen molar-refractivity contribution in [3.8, 4) is 5.75 Å². The summed E-state index contributed by atoms with van der Waals surface area (Å²) in [5.41, 5.74) is 0.557. The zero-order chi connectivity index (χ0) is 13.1. The Balaban J connectivity index is 2.02. The summed E-state index contributed by atoms with van der Waals surface area (Å²) in [5, 5.41) is 0.476. The summed E-state index contributed by atoms with van der Waals surface area (Å²) < 4.78 is 5.92. The fourth-order valence-corrected chi connectivity index (χ4v) is 2.70. The van der Waals surface area contributed by atoms with Crippen LogP contribution in [0.4, 0.5) is 0 Å². The van der Waals surface area contributed by atoms with Crippen molar-refractivity contribution in [2.45, 2.75) is 45.6 Å². The predicted octanol–water partition coefficient (Wildman–Crippen LogP) is 4.50. The summed E-state index contributed by atoms with van der Waals surface area (Å²) in [6, 6.07) is 5.32. The normalized spacial score (nSPS) is 23.7. The van der Waals surface area contributed by atoms with Gasteiger partial charge in [0.15, 0.2) is 5.78 Å². The third-order valence-corrected chi connectivity index (χ3v) is 3.90. The number of halogens is 1. The van der Waals surface area contributed by atoms with Crippen LogP contribution in [0.1, 0.15) is 49.9 Å². The molecule has 0 radical (unpaired) electrons. The summed E-state index contributed by atoms with van der Waals surface area (Å²) in [5.74, 6) is 1.57. The SMILES string of the molecule is CC(=O)c1ccc(OC2CCC(C)CC2)cc1Cl. The highest BCUT2D eigenvalue weighted by Gasteiger charge is 2.19. The van der Waals surface area contributed by atoms with Crippen LogP contribution in [-0.2, 0) is 0 Å². The second kappa shape index (κ2) is 5.75. The van der Waals surface area contributed by atoms with Crippen LogP contribution >= 0.6 is 11.6 Å². The molecule has 1 aliphatic rings. The minimum Gasteiger partial charge on any atom is -0.490 e. The van der Waals surface area contributed by atoms with Gasteiger partial charge < -0.3 is 4.74 Å². The zero-order valence-electron chi connectivity index (χ0n) is 10.9. The van der Waals surface area contributed by atoms with Gasteiger partial charge in [-0.25, -0.2) is 0 Å². The molecule has 98 valence electrons. The molecule has 0 N–H and O–H groups in total. The molecule has 18 heavy (non-hydrogen) atoms. The van der Waals surface area contributed by atoms with Gasteiger partial charge >= 0.3 is 0 Å². The van der Waals surface area contributed by atoms with Gasteiger partial charge in [0.1, 0.15) is 5.75 Å². The molecule has 1 saturated carbocycles. The molecule has 2 nitrogen and oxygen atoms in total. The Morgan fingerprint density at radius 1 is 1.28 bits per heavy atom. The Labute approximate surface area is 113 Å². The Hall–Kier alpha value is -1.02. The Kier molecular flexibility index (Phi) is 4.28. The minimum atomic E-state index is -0.0157. The second-order valence-electron chi connectivity index (χ2n) is 5.20. The maximum absolute atomic E-state index is 11.3. The summed E-state index contributed by atoms with van der Waals surface area (Å²) in [4.78, 5) is 11.3. The van der Waals surface area contributed by atoms with Gasteiger partial charge in [0.2, 0.25) is 0 Å². The fourth-order valence-electron chi connectivity index (χ4n) is 2.39. The standard InChI is InChI=1S/C15H19ClO2/c1-10-3-5-12(6-4-10)18-13-7-8-14(11(2)17)15(16)9-13/h7-10,12H,3-6H2,1-2H3. The molecule has 1 fully saturated rings. The molecule has 2 rings (SSSR count). The zero-order valence-corrected chi connectivity index (χ0v) is 11.7. The molecule has 0 heterocycles. The summed E-state index contributed by atoms with van der Waals surface area (Å²) >= 11 is 6.06. The summed E-state index contributed by atoms with van der Waals surface area (Å²) in [6.07, 6.45) is 4.95. The van der Waals surface area contributed by atoms with E-state index in [1.165, 1.54) is 19.8 Å². The van der Waals surface area contributed by atoms with Gasteiger partial charge in [-0.3, -0.25) is 4.79 Å². The van der Waals surface area contributed by atoms with Crippen molar-refractivity contribution in [2.24, 2.45) is 5.92 Å². The van der Waals surface area contributed by atoms with Crippen LogP contribution in [0.25, 0.3) is 0 Å². The largest absolute Gasteiger partial charge is 0.490 e. The quantitative estimate of drug-likeness (QED) is 0.753. The molecule has 1 aromatic carbocycles. The molecular weight excluding hydrogens is 248 g/mol. The predicted molar refractivity (Wildman–Crippen MR) is 73.5 cm³/mol. The van der Waals surface area contributed by atoms with E-state index in [4.69, 9.17) is 16.3 Å². The smallest absolute Gasteiger partial charge is 0.161 e. The van der Waals surface area contributed by atoms with E-state index in [9.17, 15) is 4.79 Å². The molecule has 0 saturated heterocycles. The van der Waals surface area contributed by atoms with Crippen LogP contribution in [0, 0.1) is 5.92 Å². The van der Waals surface area contributed by atoms with Gasteiger partial charge in [-0.05, 0) is 56.7 Å². The first-order chi connectivity index (χ1) is 8.56. The average molecular weight is 267 g/mol. The Morgan fingerprint density at radius 2 is 1.94 bits per heavy atom. The molecule has 0 spiro atoms. The number of ketones is 1. The summed E-state index contributed by atoms with van der Waals surface area (Å²) in [6.45, 7) is 3.80. The molecule has 0 amide bonds. The maximum Gasteiger partial charge on any atom is 0.161 e. The van der Waals surface area contributed by atoms with E-state index in [2.05, 4.69) is 6.92 Å². The van der Waals surface area contributed by atoms with Gasteiger partial charge in [0.25, 0.3) is 0 Å².